The van der Waals surface area contributed by atoms with Crippen LogP contribution in [0, 0.1) is 0 Å². The minimum atomic E-state index is -3.72. The normalized spacial score (nSPS) is 14.4. The second-order valence-corrected chi connectivity index (χ2v) is 9.99. The first-order chi connectivity index (χ1) is 16.5. The van der Waals surface area contributed by atoms with Crippen molar-refractivity contribution < 1.29 is 22.7 Å². The largest absolute Gasteiger partial charge is 0.495 e. The molecule has 7 nitrogen and oxygen atoms in total. The SMILES string of the molecule is COc1ccc(NC(=O)c2ccc(OCc3ccccc3)cc2)cc1S(=O)(=O)N1CCCCC1. The number of anilines is 1. The monoisotopic (exact) mass is 480 g/mol. The van der Waals surface area contributed by atoms with E-state index in [-0.39, 0.29) is 16.6 Å². The van der Waals surface area contributed by atoms with Crippen molar-refractivity contribution in [1.82, 2.24) is 4.31 Å². The van der Waals surface area contributed by atoms with Gasteiger partial charge >= 0.3 is 0 Å². The molecule has 8 heteroatoms. The van der Waals surface area contributed by atoms with E-state index in [2.05, 4.69) is 5.32 Å². The van der Waals surface area contributed by atoms with Crippen molar-refractivity contribution >= 4 is 21.6 Å². The molecule has 1 aliphatic heterocycles. The summed E-state index contributed by atoms with van der Waals surface area (Å²) >= 11 is 0. The molecule has 0 saturated carbocycles. The van der Waals surface area contributed by atoms with E-state index in [4.69, 9.17) is 9.47 Å². The molecule has 178 valence electrons. The van der Waals surface area contributed by atoms with Gasteiger partial charge in [0, 0.05) is 24.3 Å². The summed E-state index contributed by atoms with van der Waals surface area (Å²) in [5.74, 6) is 0.560. The van der Waals surface area contributed by atoms with Crippen molar-refractivity contribution in [2.45, 2.75) is 30.8 Å². The van der Waals surface area contributed by atoms with Gasteiger partial charge in [0.05, 0.1) is 7.11 Å². The highest BCUT2D eigenvalue weighted by atomic mass is 32.2. The third-order valence-electron chi connectivity index (χ3n) is 5.72. The third kappa shape index (κ3) is 5.58. The molecule has 0 unspecified atom stereocenters. The van der Waals surface area contributed by atoms with Crippen LogP contribution in [0.2, 0.25) is 0 Å². The van der Waals surface area contributed by atoms with E-state index in [0.717, 1.165) is 24.8 Å². The second kappa shape index (κ2) is 10.7. The van der Waals surface area contributed by atoms with E-state index in [1.165, 1.54) is 17.5 Å². The zero-order chi connectivity index (χ0) is 24.0. The molecule has 1 saturated heterocycles. The molecule has 1 heterocycles. The highest BCUT2D eigenvalue weighted by molar-refractivity contribution is 7.89. The van der Waals surface area contributed by atoms with Gasteiger partial charge in [0.25, 0.3) is 5.91 Å². The standard InChI is InChI=1S/C26H28N2O5S/c1-32-24-15-12-22(18-25(24)34(30,31)28-16-6-3-7-17-28)27-26(29)21-10-13-23(14-11-21)33-19-20-8-4-2-5-9-20/h2,4-5,8-15,18H,3,6-7,16-17,19H2,1H3,(H,27,29). The number of benzene rings is 3. The molecule has 1 aliphatic rings. The highest BCUT2D eigenvalue weighted by Gasteiger charge is 2.29. The average Bonchev–Trinajstić information content (AvgIpc) is 2.89. The molecule has 0 radical (unpaired) electrons. The Bertz CT molecular complexity index is 1220. The first-order valence-corrected chi connectivity index (χ1v) is 12.7. The molecule has 0 atom stereocenters. The maximum atomic E-state index is 13.2. The lowest BCUT2D eigenvalue weighted by Gasteiger charge is -2.26. The zero-order valence-corrected chi connectivity index (χ0v) is 19.9. The number of hydrogen-bond acceptors (Lipinski definition) is 5. The average molecular weight is 481 g/mol. The molecule has 1 fully saturated rings. The maximum absolute atomic E-state index is 13.2. The van der Waals surface area contributed by atoms with E-state index < -0.39 is 10.0 Å². The van der Waals surface area contributed by atoms with Gasteiger partial charge in [0.2, 0.25) is 10.0 Å². The number of nitrogens with one attached hydrogen (secondary N) is 1. The van der Waals surface area contributed by atoms with Crippen molar-refractivity contribution in [3.05, 3.63) is 83.9 Å². The Kier molecular flexibility index (Phi) is 7.49. The quantitative estimate of drug-likeness (QED) is 0.505. The van der Waals surface area contributed by atoms with Crippen LogP contribution in [0.3, 0.4) is 0 Å². The smallest absolute Gasteiger partial charge is 0.255 e. The number of ether oxygens (including phenoxy) is 2. The molecule has 3 aromatic rings. The highest BCUT2D eigenvalue weighted by Crippen LogP contribution is 2.31. The molecule has 4 rings (SSSR count). The van der Waals surface area contributed by atoms with Crippen molar-refractivity contribution in [2.75, 3.05) is 25.5 Å². The Hall–Kier alpha value is -3.36. The van der Waals surface area contributed by atoms with Crippen LogP contribution in [0.4, 0.5) is 5.69 Å². The first kappa shape index (κ1) is 23.8. The Labute approximate surface area is 200 Å². The fourth-order valence-corrected chi connectivity index (χ4v) is 5.55. The van der Waals surface area contributed by atoms with Gasteiger partial charge in [0.15, 0.2) is 0 Å². The molecule has 1 amide bonds. The molecule has 0 aromatic heterocycles. The number of amides is 1. The Morgan fingerprint density at radius 3 is 2.32 bits per heavy atom. The van der Waals surface area contributed by atoms with Crippen LogP contribution in [-0.4, -0.2) is 38.8 Å². The summed E-state index contributed by atoms with van der Waals surface area (Å²) in [6, 6.07) is 21.3. The van der Waals surface area contributed by atoms with Gasteiger partial charge in [-0.05, 0) is 60.9 Å². The van der Waals surface area contributed by atoms with Gasteiger partial charge in [-0.25, -0.2) is 8.42 Å². The van der Waals surface area contributed by atoms with Gasteiger partial charge in [0.1, 0.15) is 23.0 Å². The molecule has 1 N–H and O–H groups in total. The van der Waals surface area contributed by atoms with Crippen molar-refractivity contribution in [2.24, 2.45) is 0 Å². The van der Waals surface area contributed by atoms with Gasteiger partial charge in [-0.1, -0.05) is 36.8 Å². The Morgan fingerprint density at radius 1 is 0.941 bits per heavy atom. The van der Waals surface area contributed by atoms with Crippen molar-refractivity contribution in [3.63, 3.8) is 0 Å². The van der Waals surface area contributed by atoms with Crippen molar-refractivity contribution in [3.8, 4) is 11.5 Å². The Balaban J connectivity index is 1.46. The molecular formula is C26H28N2O5S. The van der Waals surface area contributed by atoms with Gasteiger partial charge in [-0.2, -0.15) is 4.31 Å². The third-order valence-corrected chi connectivity index (χ3v) is 7.64. The van der Waals surface area contributed by atoms with Crippen LogP contribution in [-0.2, 0) is 16.6 Å². The summed E-state index contributed by atoms with van der Waals surface area (Å²) < 4.78 is 38.9. The van der Waals surface area contributed by atoms with Gasteiger partial charge in [-0.15, -0.1) is 0 Å². The van der Waals surface area contributed by atoms with Gasteiger partial charge < -0.3 is 14.8 Å². The Morgan fingerprint density at radius 2 is 1.65 bits per heavy atom. The fourth-order valence-electron chi connectivity index (χ4n) is 3.85. The van der Waals surface area contributed by atoms with Crippen LogP contribution in [0.25, 0.3) is 0 Å². The number of carbonyl (C=O) groups is 1. The van der Waals surface area contributed by atoms with E-state index >= 15 is 0 Å². The molecule has 3 aromatic carbocycles. The summed E-state index contributed by atoms with van der Waals surface area (Å²) in [6.07, 6.45) is 2.70. The number of piperidine rings is 1. The predicted octanol–water partition coefficient (Wildman–Crippen LogP) is 4.70. The van der Waals surface area contributed by atoms with Crippen LogP contribution in [0.1, 0.15) is 35.2 Å². The molecule has 0 bridgehead atoms. The van der Waals surface area contributed by atoms with Crippen LogP contribution < -0.4 is 14.8 Å². The van der Waals surface area contributed by atoms with E-state index in [9.17, 15) is 13.2 Å². The molecule has 34 heavy (non-hydrogen) atoms. The number of nitrogens with zero attached hydrogens (tertiary/aromatic N) is 1. The minimum Gasteiger partial charge on any atom is -0.495 e. The minimum absolute atomic E-state index is 0.0550. The number of carbonyl (C=O) groups excluding carboxylic acids is 1. The fraction of sp³-hybridized carbons (Fsp3) is 0.269. The lowest BCUT2D eigenvalue weighted by Crippen LogP contribution is -2.35. The first-order valence-electron chi connectivity index (χ1n) is 11.2. The summed E-state index contributed by atoms with van der Waals surface area (Å²) in [6.45, 7) is 1.41. The molecular weight excluding hydrogens is 452 g/mol. The number of rotatable bonds is 8. The van der Waals surface area contributed by atoms with E-state index in [0.29, 0.717) is 36.7 Å². The van der Waals surface area contributed by atoms with E-state index in [1.807, 2.05) is 30.3 Å². The van der Waals surface area contributed by atoms with Gasteiger partial charge in [-0.3, -0.25) is 4.79 Å². The predicted molar refractivity (Wildman–Crippen MR) is 131 cm³/mol. The summed E-state index contributed by atoms with van der Waals surface area (Å²) in [5.41, 5.74) is 1.87. The van der Waals surface area contributed by atoms with E-state index in [1.54, 1.807) is 36.4 Å². The summed E-state index contributed by atoms with van der Waals surface area (Å²) in [5, 5.41) is 2.78. The number of hydrogen-bond donors (Lipinski definition) is 1. The lowest BCUT2D eigenvalue weighted by atomic mass is 10.2. The molecule has 0 spiro atoms. The lowest BCUT2D eigenvalue weighted by molar-refractivity contribution is 0.102. The molecule has 0 aliphatic carbocycles. The number of methoxy groups -OCH3 is 1. The maximum Gasteiger partial charge on any atom is 0.255 e. The topological polar surface area (TPSA) is 84.9 Å². The summed E-state index contributed by atoms with van der Waals surface area (Å²) in [4.78, 5) is 12.8. The van der Waals surface area contributed by atoms with Crippen molar-refractivity contribution in [1.29, 1.82) is 0 Å². The second-order valence-electron chi connectivity index (χ2n) is 8.08. The summed E-state index contributed by atoms with van der Waals surface area (Å²) in [7, 11) is -2.29. The van der Waals surface area contributed by atoms with Crippen LogP contribution in [0.15, 0.2) is 77.7 Å². The van der Waals surface area contributed by atoms with Crippen LogP contribution >= 0.6 is 0 Å². The zero-order valence-electron chi connectivity index (χ0n) is 19.1. The van der Waals surface area contributed by atoms with Crippen LogP contribution in [0.5, 0.6) is 11.5 Å². The number of sulfonamides is 1.